The van der Waals surface area contributed by atoms with Gasteiger partial charge in [-0.3, -0.25) is 0 Å². The van der Waals surface area contributed by atoms with Crippen LogP contribution in [0.25, 0.3) is 11.0 Å². The monoisotopic (exact) mass is 264 g/mol. The summed E-state index contributed by atoms with van der Waals surface area (Å²) in [6.07, 6.45) is 0. The molecule has 0 saturated carbocycles. The molecule has 3 rings (SSSR count). The first-order valence-electron chi connectivity index (χ1n) is 5.14. The number of aromatic nitrogens is 2. The Morgan fingerprint density at radius 2 is 2.24 bits per heavy atom. The van der Waals surface area contributed by atoms with Crippen molar-refractivity contribution in [2.75, 3.05) is 0 Å². The van der Waals surface area contributed by atoms with Crippen LogP contribution in [0, 0.1) is 10.6 Å². The number of H-pyrrole nitrogens is 1. The van der Waals surface area contributed by atoms with Crippen molar-refractivity contribution in [3.63, 3.8) is 0 Å². The van der Waals surface area contributed by atoms with E-state index in [0.29, 0.717) is 4.77 Å². The van der Waals surface area contributed by atoms with Crippen LogP contribution in [-0.2, 0) is 6.54 Å². The number of halogens is 1. The van der Waals surface area contributed by atoms with Crippen LogP contribution in [0.4, 0.5) is 4.39 Å². The highest BCUT2D eigenvalue weighted by Crippen LogP contribution is 2.18. The van der Waals surface area contributed by atoms with Gasteiger partial charge in [0, 0.05) is 4.88 Å². The zero-order valence-corrected chi connectivity index (χ0v) is 10.4. The highest BCUT2D eigenvalue weighted by Gasteiger charge is 2.06. The number of aromatic amines is 1. The second-order valence-electron chi connectivity index (χ2n) is 3.76. The van der Waals surface area contributed by atoms with Crippen LogP contribution < -0.4 is 0 Å². The lowest BCUT2D eigenvalue weighted by molar-refractivity contribution is 0.629. The van der Waals surface area contributed by atoms with Crippen LogP contribution in [-0.4, -0.2) is 9.55 Å². The van der Waals surface area contributed by atoms with E-state index in [1.54, 1.807) is 17.4 Å². The third kappa shape index (κ3) is 1.92. The van der Waals surface area contributed by atoms with E-state index in [2.05, 4.69) is 11.1 Å². The zero-order chi connectivity index (χ0) is 11.8. The molecule has 2 nitrogen and oxygen atoms in total. The molecule has 0 spiro atoms. The number of hydrogen-bond acceptors (Lipinski definition) is 2. The molecule has 0 radical (unpaired) electrons. The topological polar surface area (TPSA) is 20.7 Å². The van der Waals surface area contributed by atoms with Gasteiger partial charge >= 0.3 is 0 Å². The van der Waals surface area contributed by atoms with Gasteiger partial charge < -0.3 is 9.55 Å². The molecule has 0 fully saturated rings. The molecule has 0 bridgehead atoms. The van der Waals surface area contributed by atoms with Crippen LogP contribution in [0.5, 0.6) is 0 Å². The largest absolute Gasteiger partial charge is 0.330 e. The van der Waals surface area contributed by atoms with E-state index in [1.165, 1.54) is 17.0 Å². The molecule has 0 atom stereocenters. The van der Waals surface area contributed by atoms with E-state index < -0.39 is 0 Å². The first kappa shape index (κ1) is 10.7. The Morgan fingerprint density at radius 3 is 3.00 bits per heavy atom. The Bertz CT molecular complexity index is 710. The van der Waals surface area contributed by atoms with Crippen molar-refractivity contribution in [3.8, 4) is 0 Å². The second-order valence-corrected chi connectivity index (χ2v) is 5.18. The fourth-order valence-corrected chi connectivity index (χ4v) is 2.82. The summed E-state index contributed by atoms with van der Waals surface area (Å²) in [5.41, 5.74) is 1.68. The maximum Gasteiger partial charge on any atom is 0.178 e. The number of imidazole rings is 1. The summed E-state index contributed by atoms with van der Waals surface area (Å²) in [6.45, 7) is 0.724. The number of nitrogens with one attached hydrogen (secondary N) is 1. The molecule has 1 N–H and O–H groups in total. The number of nitrogens with zero attached hydrogens (tertiary/aromatic N) is 1. The fourth-order valence-electron chi connectivity index (χ4n) is 1.85. The van der Waals surface area contributed by atoms with Gasteiger partial charge in [0.15, 0.2) is 4.77 Å². The fraction of sp³-hybridized carbons (Fsp3) is 0.0833. The quantitative estimate of drug-likeness (QED) is 0.695. The smallest absolute Gasteiger partial charge is 0.178 e. The van der Waals surface area contributed by atoms with Crippen molar-refractivity contribution in [1.82, 2.24) is 9.55 Å². The summed E-state index contributed by atoms with van der Waals surface area (Å²) in [5, 5.41) is 2.04. The first-order valence-corrected chi connectivity index (χ1v) is 6.43. The predicted molar refractivity (Wildman–Crippen MR) is 70.5 cm³/mol. The van der Waals surface area contributed by atoms with Crippen molar-refractivity contribution < 1.29 is 4.39 Å². The molecule has 0 saturated heterocycles. The van der Waals surface area contributed by atoms with Gasteiger partial charge in [0.1, 0.15) is 5.82 Å². The molecule has 17 heavy (non-hydrogen) atoms. The summed E-state index contributed by atoms with van der Waals surface area (Å²) in [5.74, 6) is -0.253. The van der Waals surface area contributed by atoms with E-state index in [0.717, 1.165) is 17.6 Å². The molecule has 3 aromatic rings. The van der Waals surface area contributed by atoms with E-state index in [-0.39, 0.29) is 5.82 Å². The lowest BCUT2D eigenvalue weighted by Crippen LogP contribution is -1.97. The molecule has 2 aromatic heterocycles. The SMILES string of the molecule is Fc1ccc2c(c1)[nH]c(=S)n2Cc1cccs1. The van der Waals surface area contributed by atoms with E-state index >= 15 is 0 Å². The van der Waals surface area contributed by atoms with Gasteiger partial charge in [-0.2, -0.15) is 0 Å². The van der Waals surface area contributed by atoms with E-state index in [9.17, 15) is 4.39 Å². The summed E-state index contributed by atoms with van der Waals surface area (Å²) in [4.78, 5) is 4.25. The zero-order valence-electron chi connectivity index (χ0n) is 8.81. The minimum absolute atomic E-state index is 0.253. The van der Waals surface area contributed by atoms with E-state index in [4.69, 9.17) is 12.2 Å². The summed E-state index contributed by atoms with van der Waals surface area (Å²) < 4.78 is 15.7. The number of fused-ring (bicyclic) bond motifs is 1. The molecule has 0 unspecified atom stereocenters. The maximum atomic E-state index is 13.1. The summed E-state index contributed by atoms with van der Waals surface area (Å²) >= 11 is 6.95. The summed E-state index contributed by atoms with van der Waals surface area (Å²) in [7, 11) is 0. The third-order valence-corrected chi connectivity index (χ3v) is 3.81. The molecule has 1 aromatic carbocycles. The van der Waals surface area contributed by atoms with Gasteiger partial charge in [-0.25, -0.2) is 4.39 Å². The Labute approximate surface area is 106 Å². The Morgan fingerprint density at radius 1 is 1.35 bits per heavy atom. The first-order chi connectivity index (χ1) is 8.24. The van der Waals surface area contributed by atoms with Crippen molar-refractivity contribution in [2.45, 2.75) is 6.54 Å². The minimum Gasteiger partial charge on any atom is -0.330 e. The van der Waals surface area contributed by atoms with Crippen LogP contribution in [0.1, 0.15) is 4.88 Å². The molecule has 0 amide bonds. The number of benzene rings is 1. The number of thiophene rings is 1. The van der Waals surface area contributed by atoms with Crippen molar-refractivity contribution in [2.24, 2.45) is 0 Å². The van der Waals surface area contributed by atoms with E-state index in [1.807, 2.05) is 16.0 Å². The van der Waals surface area contributed by atoms with Crippen LogP contribution in [0.3, 0.4) is 0 Å². The number of hydrogen-bond donors (Lipinski definition) is 1. The molecule has 5 heteroatoms. The van der Waals surface area contributed by atoms with Crippen LogP contribution >= 0.6 is 23.6 Å². The molecule has 2 heterocycles. The average Bonchev–Trinajstić information content (AvgIpc) is 2.88. The minimum atomic E-state index is -0.253. The van der Waals surface area contributed by atoms with Crippen molar-refractivity contribution in [1.29, 1.82) is 0 Å². The standard InChI is InChI=1S/C12H9FN2S2/c13-8-3-4-11-10(6-8)14-12(16)15(11)7-9-2-1-5-17-9/h1-6H,7H2,(H,14,16). The lowest BCUT2D eigenvalue weighted by Gasteiger charge is -2.01. The lowest BCUT2D eigenvalue weighted by atomic mass is 10.3. The molecule has 86 valence electrons. The predicted octanol–water partition coefficient (Wildman–Crippen LogP) is 3.95. The molecule has 0 aliphatic heterocycles. The van der Waals surface area contributed by atoms with Gasteiger partial charge in [0.05, 0.1) is 17.6 Å². The number of rotatable bonds is 2. The summed E-state index contributed by atoms with van der Waals surface area (Å²) in [6, 6.07) is 8.75. The highest BCUT2D eigenvalue weighted by molar-refractivity contribution is 7.71. The molecular weight excluding hydrogens is 255 g/mol. The van der Waals surface area contributed by atoms with Crippen LogP contribution in [0.15, 0.2) is 35.7 Å². The maximum absolute atomic E-state index is 13.1. The Kier molecular flexibility index (Phi) is 2.57. The Hall–Kier alpha value is -1.46. The second kappa shape index (κ2) is 4.09. The third-order valence-electron chi connectivity index (χ3n) is 2.63. The van der Waals surface area contributed by atoms with Gasteiger partial charge in [-0.1, -0.05) is 6.07 Å². The van der Waals surface area contributed by atoms with Gasteiger partial charge in [-0.15, -0.1) is 11.3 Å². The normalized spacial score (nSPS) is 11.1. The van der Waals surface area contributed by atoms with Gasteiger partial charge in [0.2, 0.25) is 0 Å². The Balaban J connectivity index is 2.16. The molecular formula is C12H9FN2S2. The van der Waals surface area contributed by atoms with Crippen LogP contribution in [0.2, 0.25) is 0 Å². The average molecular weight is 264 g/mol. The molecule has 0 aliphatic rings. The van der Waals surface area contributed by atoms with Gasteiger partial charge in [-0.05, 0) is 41.9 Å². The highest BCUT2D eigenvalue weighted by atomic mass is 32.1. The molecule has 0 aliphatic carbocycles. The van der Waals surface area contributed by atoms with Crippen molar-refractivity contribution in [3.05, 3.63) is 51.2 Å². The van der Waals surface area contributed by atoms with Gasteiger partial charge in [0.25, 0.3) is 0 Å². The van der Waals surface area contributed by atoms with Crippen molar-refractivity contribution >= 4 is 34.6 Å².